The Hall–Kier alpha value is -1.19. The molecule has 1 unspecified atom stereocenters. The molecule has 0 aromatic heterocycles. The molecule has 4 rings (SSSR count). The van der Waals surface area contributed by atoms with Crippen LogP contribution < -0.4 is 0 Å². The first-order valence-electron chi connectivity index (χ1n) is 9.94. The van der Waals surface area contributed by atoms with Gasteiger partial charge in [0, 0.05) is 24.7 Å². The van der Waals surface area contributed by atoms with Gasteiger partial charge in [0.25, 0.3) is 0 Å². The number of ether oxygens (including phenoxy) is 1. The molecule has 0 saturated heterocycles. The van der Waals surface area contributed by atoms with E-state index in [1.54, 1.807) is 0 Å². The van der Waals surface area contributed by atoms with E-state index in [1.807, 2.05) is 0 Å². The van der Waals surface area contributed by atoms with Crippen LogP contribution in [0.2, 0.25) is 0 Å². The third-order valence-electron chi connectivity index (χ3n) is 8.75. The maximum Gasteiger partial charge on any atom is 0.308 e. The summed E-state index contributed by atoms with van der Waals surface area (Å²) in [6.45, 7) is 4.48. The van der Waals surface area contributed by atoms with Gasteiger partial charge in [-0.1, -0.05) is 13.8 Å². The Bertz CT molecular complexity index is 625. The highest BCUT2D eigenvalue weighted by molar-refractivity contribution is 5.87. The molecule has 25 heavy (non-hydrogen) atoms. The van der Waals surface area contributed by atoms with Crippen LogP contribution in [-0.4, -0.2) is 24.6 Å². The van der Waals surface area contributed by atoms with Crippen molar-refractivity contribution in [2.24, 2.45) is 40.4 Å². The highest BCUT2D eigenvalue weighted by Gasteiger charge is 2.63. The number of esters is 1. The second kappa shape index (κ2) is 5.65. The predicted octanol–water partition coefficient (Wildman–Crippen LogP) is 3.57. The van der Waals surface area contributed by atoms with Gasteiger partial charge in [-0.05, 0) is 61.2 Å². The first-order valence-corrected chi connectivity index (χ1v) is 9.94. The fourth-order valence-corrected chi connectivity index (χ4v) is 7.31. The monoisotopic (exact) mass is 346 g/mol. The van der Waals surface area contributed by atoms with Crippen molar-refractivity contribution in [3.63, 3.8) is 0 Å². The lowest BCUT2D eigenvalue weighted by Gasteiger charge is -2.60. The minimum atomic E-state index is -0.185. The molecule has 0 spiro atoms. The van der Waals surface area contributed by atoms with Crippen LogP contribution in [-0.2, 0) is 19.1 Å². The maximum atomic E-state index is 12.6. The smallest absolute Gasteiger partial charge is 0.308 e. The minimum absolute atomic E-state index is 0.0304. The lowest BCUT2D eigenvalue weighted by molar-refractivity contribution is -0.172. The van der Waals surface area contributed by atoms with Crippen molar-refractivity contribution in [1.82, 2.24) is 0 Å². The molecule has 7 atom stereocenters. The summed E-state index contributed by atoms with van der Waals surface area (Å²) in [5.41, 5.74) is -0.155. The SMILES string of the molecule is COC(=O)[C@H]1C[C@@H]2[C@H](CC[C@]3(C)C(=O)CC[C@@H]23)[C@@]2(C)CCC(=O)CC12. The summed E-state index contributed by atoms with van der Waals surface area (Å²) in [6, 6.07) is 0. The Labute approximate surface area is 150 Å². The number of hydrogen-bond acceptors (Lipinski definition) is 4. The molecule has 4 nitrogen and oxygen atoms in total. The average Bonchev–Trinajstić information content (AvgIpc) is 2.90. The lowest BCUT2D eigenvalue weighted by Crippen LogP contribution is -2.57. The van der Waals surface area contributed by atoms with Crippen LogP contribution in [0.4, 0.5) is 0 Å². The molecule has 0 aliphatic heterocycles. The molecule has 0 bridgehead atoms. The van der Waals surface area contributed by atoms with Gasteiger partial charge in [0.1, 0.15) is 11.6 Å². The molecule has 0 heterocycles. The molecule has 4 saturated carbocycles. The van der Waals surface area contributed by atoms with E-state index >= 15 is 0 Å². The first-order chi connectivity index (χ1) is 11.8. The Balaban J connectivity index is 1.73. The Kier molecular flexibility index (Phi) is 3.90. The standard InChI is InChI=1S/C21H30O4/c1-20-8-6-12(22)10-17(20)14(19(24)25-3)11-13-15-4-5-18(23)21(15,2)9-7-16(13)20/h13-17H,4-11H2,1-3H3/t13-,14-,15-,16-,17?,20+,21-/m0/s1. The van der Waals surface area contributed by atoms with Crippen molar-refractivity contribution in [3.8, 4) is 0 Å². The number of ketones is 2. The maximum absolute atomic E-state index is 12.6. The van der Waals surface area contributed by atoms with Crippen molar-refractivity contribution in [3.05, 3.63) is 0 Å². The second-order valence-corrected chi connectivity index (χ2v) is 9.52. The molecule has 0 aromatic rings. The van der Waals surface area contributed by atoms with Crippen LogP contribution in [0.1, 0.15) is 65.2 Å². The molecule has 0 aromatic carbocycles. The molecule has 138 valence electrons. The zero-order valence-electron chi connectivity index (χ0n) is 15.7. The number of hydrogen-bond donors (Lipinski definition) is 0. The summed E-state index contributed by atoms with van der Waals surface area (Å²) in [4.78, 5) is 37.3. The van der Waals surface area contributed by atoms with Gasteiger partial charge >= 0.3 is 5.97 Å². The largest absolute Gasteiger partial charge is 0.469 e. The lowest BCUT2D eigenvalue weighted by atomic mass is 9.43. The highest BCUT2D eigenvalue weighted by Crippen LogP contribution is 2.66. The molecular weight excluding hydrogens is 316 g/mol. The second-order valence-electron chi connectivity index (χ2n) is 9.52. The molecule has 4 aliphatic carbocycles. The molecule has 4 fully saturated rings. The Morgan fingerprint density at radius 3 is 2.52 bits per heavy atom. The summed E-state index contributed by atoms with van der Waals surface area (Å²) in [7, 11) is 1.46. The third-order valence-corrected chi connectivity index (χ3v) is 8.75. The number of Topliss-reactive ketones (excluding diaryl/α,β-unsaturated/α-hetero) is 2. The zero-order chi connectivity index (χ0) is 18.0. The number of fused-ring (bicyclic) bond motifs is 5. The van der Waals surface area contributed by atoms with Gasteiger partial charge in [-0.25, -0.2) is 0 Å². The highest BCUT2D eigenvalue weighted by atomic mass is 16.5. The van der Waals surface area contributed by atoms with E-state index in [1.165, 1.54) is 7.11 Å². The van der Waals surface area contributed by atoms with Gasteiger partial charge in [-0.15, -0.1) is 0 Å². The van der Waals surface area contributed by atoms with Gasteiger partial charge in [-0.2, -0.15) is 0 Å². The summed E-state index contributed by atoms with van der Waals surface area (Å²) < 4.78 is 5.14. The summed E-state index contributed by atoms with van der Waals surface area (Å²) in [6.07, 6.45) is 6.59. The van der Waals surface area contributed by atoms with E-state index in [-0.39, 0.29) is 28.6 Å². The van der Waals surface area contributed by atoms with Gasteiger partial charge in [-0.3, -0.25) is 14.4 Å². The van der Waals surface area contributed by atoms with Crippen LogP contribution in [0.5, 0.6) is 0 Å². The van der Waals surface area contributed by atoms with Crippen LogP contribution in [0.15, 0.2) is 0 Å². The van der Waals surface area contributed by atoms with E-state index in [0.29, 0.717) is 48.6 Å². The summed E-state index contributed by atoms with van der Waals surface area (Å²) >= 11 is 0. The summed E-state index contributed by atoms with van der Waals surface area (Å²) in [5, 5.41) is 0. The van der Waals surface area contributed by atoms with Crippen LogP contribution in [0, 0.1) is 40.4 Å². The van der Waals surface area contributed by atoms with Crippen molar-refractivity contribution in [1.29, 1.82) is 0 Å². The molecule has 0 amide bonds. The van der Waals surface area contributed by atoms with Gasteiger partial charge < -0.3 is 4.74 Å². The van der Waals surface area contributed by atoms with Crippen LogP contribution in [0.3, 0.4) is 0 Å². The van der Waals surface area contributed by atoms with E-state index in [4.69, 9.17) is 4.74 Å². The quantitative estimate of drug-likeness (QED) is 0.681. The predicted molar refractivity (Wildman–Crippen MR) is 92.6 cm³/mol. The molecule has 4 heteroatoms. The average molecular weight is 346 g/mol. The number of carbonyl (C=O) groups excluding carboxylic acids is 3. The minimum Gasteiger partial charge on any atom is -0.469 e. The van der Waals surface area contributed by atoms with E-state index in [2.05, 4.69) is 13.8 Å². The normalized spacial score (nSPS) is 49.2. The molecule has 0 radical (unpaired) electrons. The first kappa shape index (κ1) is 17.2. The van der Waals surface area contributed by atoms with Crippen molar-refractivity contribution in [2.75, 3.05) is 7.11 Å². The number of carbonyl (C=O) groups is 3. The Morgan fingerprint density at radius 2 is 1.80 bits per heavy atom. The zero-order valence-corrected chi connectivity index (χ0v) is 15.7. The van der Waals surface area contributed by atoms with Gasteiger partial charge in [0.2, 0.25) is 0 Å². The summed E-state index contributed by atoms with van der Waals surface area (Å²) in [5.74, 6) is 1.87. The van der Waals surface area contributed by atoms with Crippen molar-refractivity contribution < 1.29 is 19.1 Å². The van der Waals surface area contributed by atoms with E-state index < -0.39 is 0 Å². The fourth-order valence-electron chi connectivity index (χ4n) is 7.31. The molecule has 0 N–H and O–H groups in total. The number of rotatable bonds is 1. The van der Waals surface area contributed by atoms with E-state index in [0.717, 1.165) is 32.1 Å². The van der Waals surface area contributed by atoms with Crippen LogP contribution in [0.25, 0.3) is 0 Å². The van der Waals surface area contributed by atoms with Gasteiger partial charge in [0.05, 0.1) is 13.0 Å². The topological polar surface area (TPSA) is 60.4 Å². The Morgan fingerprint density at radius 1 is 1.04 bits per heavy atom. The van der Waals surface area contributed by atoms with Crippen molar-refractivity contribution in [2.45, 2.75) is 65.2 Å². The molecule has 4 aliphatic rings. The van der Waals surface area contributed by atoms with E-state index in [9.17, 15) is 14.4 Å². The fraction of sp³-hybridized carbons (Fsp3) is 0.857. The van der Waals surface area contributed by atoms with Crippen molar-refractivity contribution >= 4 is 17.5 Å². The third kappa shape index (κ3) is 2.28. The number of methoxy groups -OCH3 is 1. The van der Waals surface area contributed by atoms with Crippen LogP contribution >= 0.6 is 0 Å². The van der Waals surface area contributed by atoms with Gasteiger partial charge in [0.15, 0.2) is 0 Å². The molecular formula is C21H30O4.